The van der Waals surface area contributed by atoms with Crippen LogP contribution in [-0.2, 0) is 12.8 Å². The van der Waals surface area contributed by atoms with Gasteiger partial charge in [-0.15, -0.1) is 11.3 Å². The molecular weight excluding hydrogens is 190 g/mol. The van der Waals surface area contributed by atoms with Gasteiger partial charge in [0.25, 0.3) is 0 Å². The zero-order chi connectivity index (χ0) is 9.54. The molecule has 1 aliphatic carbocycles. The van der Waals surface area contributed by atoms with E-state index in [9.17, 15) is 0 Å². The Morgan fingerprint density at radius 2 is 1.86 bits per heavy atom. The Bertz CT molecular complexity index is 441. The highest BCUT2D eigenvalue weighted by atomic mass is 32.1. The molecule has 0 spiro atoms. The lowest BCUT2D eigenvalue weighted by molar-refractivity contribution is 0.687. The Kier molecular flexibility index (Phi) is 1.84. The van der Waals surface area contributed by atoms with Gasteiger partial charge in [-0.25, -0.2) is 4.98 Å². The number of hydrogen-bond donors (Lipinski definition) is 0. The van der Waals surface area contributed by atoms with Gasteiger partial charge in [-0.2, -0.15) is 0 Å². The molecule has 0 bridgehead atoms. The molecule has 0 unspecified atom stereocenters. The normalized spacial score (nSPS) is 15.8. The van der Waals surface area contributed by atoms with Gasteiger partial charge in [-0.1, -0.05) is 0 Å². The fourth-order valence-corrected chi connectivity index (χ4v) is 3.14. The van der Waals surface area contributed by atoms with Crippen LogP contribution in [-0.4, -0.2) is 4.98 Å². The lowest BCUT2D eigenvalue weighted by Crippen LogP contribution is -2.01. The highest BCUT2D eigenvalue weighted by Crippen LogP contribution is 2.29. The average Bonchev–Trinajstić information content (AvgIpc) is 2.53. The first kappa shape index (κ1) is 8.42. The van der Waals surface area contributed by atoms with Gasteiger partial charge in [0.15, 0.2) is 0 Å². The van der Waals surface area contributed by atoms with Gasteiger partial charge in [0, 0.05) is 0 Å². The van der Waals surface area contributed by atoms with Gasteiger partial charge < -0.3 is 0 Å². The van der Waals surface area contributed by atoms with Gasteiger partial charge in [0.05, 0.1) is 15.2 Å². The summed E-state index contributed by atoms with van der Waals surface area (Å²) in [6.45, 7) is 2.09. The fourth-order valence-electron chi connectivity index (χ4n) is 2.27. The van der Waals surface area contributed by atoms with Crippen LogP contribution in [0.1, 0.15) is 29.0 Å². The summed E-state index contributed by atoms with van der Waals surface area (Å²) in [5.74, 6) is 0. The topological polar surface area (TPSA) is 12.9 Å². The van der Waals surface area contributed by atoms with E-state index in [0.29, 0.717) is 0 Å². The highest BCUT2D eigenvalue weighted by molar-refractivity contribution is 7.18. The maximum atomic E-state index is 4.54. The smallest absolute Gasteiger partial charge is 0.0907 e. The van der Waals surface area contributed by atoms with Gasteiger partial charge in [-0.05, 0) is 55.9 Å². The molecule has 2 aromatic rings. The average molecular weight is 203 g/mol. The Labute approximate surface area is 87.8 Å². The predicted molar refractivity (Wildman–Crippen MR) is 61.0 cm³/mol. The van der Waals surface area contributed by atoms with E-state index in [1.54, 1.807) is 5.56 Å². The molecule has 0 radical (unpaired) electrons. The molecule has 0 saturated carbocycles. The maximum Gasteiger partial charge on any atom is 0.0907 e. The van der Waals surface area contributed by atoms with Crippen LogP contribution in [0.25, 0.3) is 10.2 Å². The molecule has 0 amide bonds. The first-order valence-electron chi connectivity index (χ1n) is 5.22. The summed E-state index contributed by atoms with van der Waals surface area (Å²) in [5.41, 5.74) is 4.30. The summed E-state index contributed by atoms with van der Waals surface area (Å²) in [4.78, 5) is 4.54. The van der Waals surface area contributed by atoms with Gasteiger partial charge in [-0.3, -0.25) is 0 Å². The third-order valence-corrected chi connectivity index (χ3v) is 3.89. The molecule has 14 heavy (non-hydrogen) atoms. The summed E-state index contributed by atoms with van der Waals surface area (Å²) in [6, 6.07) is 4.65. The van der Waals surface area contributed by atoms with Crippen LogP contribution < -0.4 is 0 Å². The van der Waals surface area contributed by atoms with E-state index < -0.39 is 0 Å². The van der Waals surface area contributed by atoms with E-state index in [1.165, 1.54) is 46.5 Å². The van der Waals surface area contributed by atoms with Crippen molar-refractivity contribution in [2.24, 2.45) is 0 Å². The summed E-state index contributed by atoms with van der Waals surface area (Å²) in [6.07, 6.45) is 5.22. The standard InChI is InChI=1S/C12H13NS/c1-8-13-11-6-9-4-2-3-5-10(9)7-12(11)14-8/h6-7H,2-5H2,1H3. The number of thiazole rings is 1. The molecule has 0 saturated heterocycles. The van der Waals surface area contributed by atoms with Crippen molar-refractivity contribution in [3.63, 3.8) is 0 Å². The molecule has 3 rings (SSSR count). The molecule has 0 atom stereocenters. The van der Waals surface area contributed by atoms with E-state index in [1.807, 2.05) is 11.3 Å². The summed E-state index contributed by atoms with van der Waals surface area (Å²) >= 11 is 1.81. The molecule has 1 aromatic carbocycles. The third-order valence-electron chi connectivity index (χ3n) is 2.96. The summed E-state index contributed by atoms with van der Waals surface area (Å²) in [7, 11) is 0. The van der Waals surface area contributed by atoms with Crippen LogP contribution in [0, 0.1) is 6.92 Å². The minimum absolute atomic E-state index is 1.18. The summed E-state index contributed by atoms with van der Waals surface area (Å²) in [5, 5.41) is 1.18. The van der Waals surface area contributed by atoms with Crippen LogP contribution in [0.15, 0.2) is 12.1 Å². The zero-order valence-electron chi connectivity index (χ0n) is 8.34. The largest absolute Gasteiger partial charge is 0.242 e. The van der Waals surface area contributed by atoms with Crippen LogP contribution in [0.3, 0.4) is 0 Å². The Hall–Kier alpha value is -0.890. The predicted octanol–water partition coefficient (Wildman–Crippen LogP) is 3.48. The van der Waals surface area contributed by atoms with Crippen molar-refractivity contribution < 1.29 is 0 Å². The molecule has 1 aliphatic rings. The van der Waals surface area contributed by atoms with E-state index in [0.717, 1.165) is 0 Å². The molecule has 1 heterocycles. The van der Waals surface area contributed by atoms with Crippen molar-refractivity contribution >= 4 is 21.6 Å². The molecule has 0 fully saturated rings. The number of nitrogens with zero attached hydrogens (tertiary/aromatic N) is 1. The van der Waals surface area contributed by atoms with Crippen LogP contribution in [0.4, 0.5) is 0 Å². The quantitative estimate of drug-likeness (QED) is 0.638. The van der Waals surface area contributed by atoms with Crippen molar-refractivity contribution in [2.75, 3.05) is 0 Å². The second-order valence-corrected chi connectivity index (χ2v) is 5.26. The number of fused-ring (bicyclic) bond motifs is 2. The van der Waals surface area contributed by atoms with E-state index in [2.05, 4.69) is 24.0 Å². The van der Waals surface area contributed by atoms with E-state index in [-0.39, 0.29) is 0 Å². The monoisotopic (exact) mass is 203 g/mol. The van der Waals surface area contributed by atoms with Crippen molar-refractivity contribution in [2.45, 2.75) is 32.6 Å². The highest BCUT2D eigenvalue weighted by Gasteiger charge is 2.11. The van der Waals surface area contributed by atoms with Crippen molar-refractivity contribution in [1.82, 2.24) is 4.98 Å². The number of hydrogen-bond acceptors (Lipinski definition) is 2. The number of aromatic nitrogens is 1. The van der Waals surface area contributed by atoms with Crippen LogP contribution in [0.5, 0.6) is 0 Å². The minimum Gasteiger partial charge on any atom is -0.242 e. The molecule has 0 N–H and O–H groups in total. The Morgan fingerprint density at radius 3 is 2.64 bits per heavy atom. The second-order valence-electron chi connectivity index (χ2n) is 4.03. The van der Waals surface area contributed by atoms with Gasteiger partial charge >= 0.3 is 0 Å². The van der Waals surface area contributed by atoms with Crippen molar-refractivity contribution in [3.8, 4) is 0 Å². The van der Waals surface area contributed by atoms with Crippen molar-refractivity contribution in [3.05, 3.63) is 28.3 Å². The number of benzene rings is 1. The Morgan fingerprint density at radius 1 is 1.14 bits per heavy atom. The fraction of sp³-hybridized carbons (Fsp3) is 0.417. The van der Waals surface area contributed by atoms with E-state index in [4.69, 9.17) is 0 Å². The van der Waals surface area contributed by atoms with Crippen LogP contribution in [0.2, 0.25) is 0 Å². The molecule has 2 heteroatoms. The molecule has 1 aromatic heterocycles. The van der Waals surface area contributed by atoms with Crippen LogP contribution >= 0.6 is 11.3 Å². The van der Waals surface area contributed by atoms with Crippen molar-refractivity contribution in [1.29, 1.82) is 0 Å². The minimum atomic E-state index is 1.18. The van der Waals surface area contributed by atoms with E-state index >= 15 is 0 Å². The number of aryl methyl sites for hydroxylation is 3. The molecule has 0 aliphatic heterocycles. The summed E-state index contributed by atoms with van der Waals surface area (Å²) < 4.78 is 1.36. The second kappa shape index (κ2) is 3.06. The third kappa shape index (κ3) is 1.25. The zero-order valence-corrected chi connectivity index (χ0v) is 9.16. The molecule has 1 nitrogen and oxygen atoms in total. The lowest BCUT2D eigenvalue weighted by atomic mass is 9.92. The number of rotatable bonds is 0. The first-order chi connectivity index (χ1) is 6.83. The molecular formula is C12H13NS. The van der Waals surface area contributed by atoms with Gasteiger partial charge in [0.2, 0.25) is 0 Å². The molecule has 72 valence electrons. The first-order valence-corrected chi connectivity index (χ1v) is 6.03. The maximum absolute atomic E-state index is 4.54. The SMILES string of the molecule is Cc1nc2cc3c(cc2s1)CCCC3. The van der Waals surface area contributed by atoms with Gasteiger partial charge in [0.1, 0.15) is 0 Å². The Balaban J connectivity index is 2.26. The lowest BCUT2D eigenvalue weighted by Gasteiger charge is -2.14.